The van der Waals surface area contributed by atoms with Gasteiger partial charge in [-0.3, -0.25) is 9.59 Å². The number of nitrogens with zero attached hydrogens (tertiary/aromatic N) is 2. The molecule has 2 aromatic carbocycles. The summed E-state index contributed by atoms with van der Waals surface area (Å²) in [7, 11) is 5.50. The van der Waals surface area contributed by atoms with E-state index in [0.717, 1.165) is 18.5 Å². The fourth-order valence-electron chi connectivity index (χ4n) is 3.98. The molecule has 1 amide bonds. The molecule has 0 saturated carbocycles. The first-order valence-corrected chi connectivity index (χ1v) is 10.5. The largest absolute Gasteiger partial charge is 0.503 e. The van der Waals surface area contributed by atoms with Gasteiger partial charge in [0.2, 0.25) is 0 Å². The van der Waals surface area contributed by atoms with E-state index in [4.69, 9.17) is 4.74 Å². The molecule has 164 valence electrons. The Morgan fingerprint density at radius 1 is 1.10 bits per heavy atom. The van der Waals surface area contributed by atoms with E-state index in [9.17, 15) is 14.7 Å². The molecule has 1 aliphatic heterocycles. The van der Waals surface area contributed by atoms with Crippen LogP contribution in [0.5, 0.6) is 5.75 Å². The van der Waals surface area contributed by atoms with Gasteiger partial charge in [-0.2, -0.15) is 0 Å². The predicted molar refractivity (Wildman–Crippen MR) is 120 cm³/mol. The molecule has 3 rings (SSSR count). The van der Waals surface area contributed by atoms with Crippen LogP contribution in [0.3, 0.4) is 0 Å². The van der Waals surface area contributed by atoms with E-state index in [1.54, 1.807) is 18.1 Å². The summed E-state index contributed by atoms with van der Waals surface area (Å²) < 4.78 is 5.51. The second-order valence-corrected chi connectivity index (χ2v) is 7.97. The molecule has 1 heterocycles. The van der Waals surface area contributed by atoms with Crippen molar-refractivity contribution in [3.05, 3.63) is 77.1 Å². The number of hydrogen-bond donors (Lipinski definition) is 1. The Hall–Kier alpha value is -3.12. The molecule has 0 aromatic heterocycles. The number of aliphatic hydroxyl groups excluding tert-OH is 1. The van der Waals surface area contributed by atoms with Crippen molar-refractivity contribution in [2.45, 2.75) is 25.3 Å². The van der Waals surface area contributed by atoms with Gasteiger partial charge in [0, 0.05) is 18.5 Å². The molecule has 0 fully saturated rings. The highest BCUT2D eigenvalue weighted by Crippen LogP contribution is 2.41. The van der Waals surface area contributed by atoms with Crippen LogP contribution in [0.15, 0.2) is 65.9 Å². The topological polar surface area (TPSA) is 70.1 Å². The van der Waals surface area contributed by atoms with Gasteiger partial charge in [-0.25, -0.2) is 0 Å². The number of hydrogen-bond acceptors (Lipinski definition) is 5. The van der Waals surface area contributed by atoms with E-state index < -0.39 is 17.7 Å². The Balaban J connectivity index is 1.91. The molecular weight excluding hydrogens is 392 g/mol. The number of Topliss-reactive ketones (excluding diaryl/α,β-unsaturated/α-hetero) is 1. The maximum atomic E-state index is 13.2. The van der Waals surface area contributed by atoms with Crippen LogP contribution in [0.2, 0.25) is 0 Å². The molecule has 1 atom stereocenters. The predicted octanol–water partition coefficient (Wildman–Crippen LogP) is 3.54. The molecular formula is C25H30N2O4. The molecule has 6 nitrogen and oxygen atoms in total. The quantitative estimate of drug-likeness (QED) is 0.634. The first-order chi connectivity index (χ1) is 14.9. The monoisotopic (exact) mass is 422 g/mol. The van der Waals surface area contributed by atoms with Gasteiger partial charge in [-0.1, -0.05) is 48.5 Å². The fourth-order valence-corrected chi connectivity index (χ4v) is 3.98. The Morgan fingerprint density at radius 2 is 1.77 bits per heavy atom. The van der Waals surface area contributed by atoms with Crippen LogP contribution in [0, 0.1) is 0 Å². The smallest absolute Gasteiger partial charge is 0.290 e. The second-order valence-electron chi connectivity index (χ2n) is 7.97. The number of carbonyl (C=O) groups is 2. The summed E-state index contributed by atoms with van der Waals surface area (Å²) in [6.45, 7) is 1.22. The molecule has 1 aliphatic rings. The molecule has 6 heteroatoms. The number of rotatable bonds is 10. The molecule has 0 radical (unpaired) electrons. The average Bonchev–Trinajstić information content (AvgIpc) is 3.03. The van der Waals surface area contributed by atoms with Gasteiger partial charge in [-0.15, -0.1) is 0 Å². The number of amides is 1. The number of benzene rings is 2. The maximum Gasteiger partial charge on any atom is 0.290 e. The lowest BCUT2D eigenvalue weighted by atomic mass is 9.92. The van der Waals surface area contributed by atoms with Crippen molar-refractivity contribution in [2.24, 2.45) is 0 Å². The van der Waals surface area contributed by atoms with Gasteiger partial charge in [0.25, 0.3) is 5.91 Å². The summed E-state index contributed by atoms with van der Waals surface area (Å²) in [5, 5.41) is 10.7. The normalized spacial score (nSPS) is 16.3. The lowest BCUT2D eigenvalue weighted by Crippen LogP contribution is -2.33. The van der Waals surface area contributed by atoms with Crippen LogP contribution in [0.1, 0.15) is 30.0 Å². The first-order valence-electron chi connectivity index (χ1n) is 10.5. The van der Waals surface area contributed by atoms with Crippen molar-refractivity contribution in [1.29, 1.82) is 0 Å². The number of ketones is 1. The third kappa shape index (κ3) is 5.14. The summed E-state index contributed by atoms with van der Waals surface area (Å²) in [5.41, 5.74) is 1.91. The highest BCUT2D eigenvalue weighted by molar-refractivity contribution is 6.09. The first kappa shape index (κ1) is 22.6. The molecule has 2 aromatic rings. The molecule has 0 bridgehead atoms. The van der Waals surface area contributed by atoms with Gasteiger partial charge in [-0.05, 0) is 45.1 Å². The van der Waals surface area contributed by atoms with Crippen molar-refractivity contribution in [3.63, 3.8) is 0 Å². The van der Waals surface area contributed by atoms with Gasteiger partial charge >= 0.3 is 0 Å². The highest BCUT2D eigenvalue weighted by Gasteiger charge is 2.43. The molecule has 31 heavy (non-hydrogen) atoms. The highest BCUT2D eigenvalue weighted by atomic mass is 16.5. The minimum absolute atomic E-state index is 0.162. The van der Waals surface area contributed by atoms with Crippen LogP contribution in [0.4, 0.5) is 0 Å². The zero-order valence-corrected chi connectivity index (χ0v) is 18.4. The molecule has 1 unspecified atom stereocenters. The maximum absolute atomic E-state index is 13.2. The van der Waals surface area contributed by atoms with E-state index in [1.165, 1.54) is 0 Å². The van der Waals surface area contributed by atoms with E-state index in [-0.39, 0.29) is 17.8 Å². The van der Waals surface area contributed by atoms with E-state index in [2.05, 4.69) is 0 Å². The standard InChI is InChI=1S/C25H30N2O4/c1-26(2)16-9-17-27-23(19-12-7-8-13-21(19)31-3)22(24(29)25(27)30)20(28)15-14-18-10-5-4-6-11-18/h4-8,10-13,23,29H,9,14-17H2,1-3H3. The van der Waals surface area contributed by atoms with Gasteiger partial charge in [0.15, 0.2) is 11.5 Å². The van der Waals surface area contributed by atoms with Crippen molar-refractivity contribution in [2.75, 3.05) is 34.3 Å². The van der Waals surface area contributed by atoms with E-state index in [1.807, 2.05) is 67.5 Å². The van der Waals surface area contributed by atoms with Gasteiger partial charge in [0.1, 0.15) is 5.75 Å². The number of aryl methyl sites for hydroxylation is 1. The summed E-state index contributed by atoms with van der Waals surface area (Å²) in [4.78, 5) is 29.8. The lowest BCUT2D eigenvalue weighted by molar-refractivity contribution is -0.129. The Morgan fingerprint density at radius 3 is 2.45 bits per heavy atom. The second kappa shape index (κ2) is 10.3. The summed E-state index contributed by atoms with van der Waals surface area (Å²) >= 11 is 0. The minimum atomic E-state index is -0.658. The number of para-hydroxylation sites is 1. The van der Waals surface area contributed by atoms with E-state index >= 15 is 0 Å². The molecule has 1 N–H and O–H groups in total. The van der Waals surface area contributed by atoms with Crippen molar-refractivity contribution in [3.8, 4) is 5.75 Å². The zero-order valence-electron chi connectivity index (χ0n) is 18.4. The Bertz CT molecular complexity index is 953. The van der Waals surface area contributed by atoms with Gasteiger partial charge in [0.05, 0.1) is 18.7 Å². The zero-order chi connectivity index (χ0) is 22.4. The van der Waals surface area contributed by atoms with Crippen LogP contribution in [0.25, 0.3) is 0 Å². The van der Waals surface area contributed by atoms with Crippen LogP contribution in [-0.4, -0.2) is 60.9 Å². The van der Waals surface area contributed by atoms with Crippen LogP contribution < -0.4 is 4.74 Å². The summed E-state index contributed by atoms with van der Waals surface area (Å²) in [5.74, 6) is -0.585. The molecule has 0 saturated heterocycles. The lowest BCUT2D eigenvalue weighted by Gasteiger charge is -2.28. The summed E-state index contributed by atoms with van der Waals surface area (Å²) in [6, 6.07) is 16.4. The fraction of sp³-hybridized carbons (Fsp3) is 0.360. The van der Waals surface area contributed by atoms with Gasteiger partial charge < -0.3 is 19.6 Å². The Labute approximate surface area is 183 Å². The third-order valence-corrected chi connectivity index (χ3v) is 5.53. The average molecular weight is 423 g/mol. The molecule has 0 spiro atoms. The van der Waals surface area contributed by atoms with Crippen molar-refractivity contribution < 1.29 is 19.4 Å². The Kier molecular flexibility index (Phi) is 7.47. The minimum Gasteiger partial charge on any atom is -0.503 e. The van der Waals surface area contributed by atoms with E-state index in [0.29, 0.717) is 24.3 Å². The number of carbonyl (C=O) groups excluding carboxylic acids is 2. The number of ether oxygens (including phenoxy) is 1. The summed E-state index contributed by atoms with van der Waals surface area (Å²) in [6.07, 6.45) is 1.49. The third-order valence-electron chi connectivity index (χ3n) is 5.53. The van der Waals surface area contributed by atoms with Crippen molar-refractivity contribution >= 4 is 11.7 Å². The van der Waals surface area contributed by atoms with Crippen molar-refractivity contribution in [1.82, 2.24) is 9.80 Å². The van der Waals surface area contributed by atoms with Crippen LogP contribution in [-0.2, 0) is 16.0 Å². The number of aliphatic hydroxyl groups is 1. The van der Waals surface area contributed by atoms with Crippen LogP contribution >= 0.6 is 0 Å². The SMILES string of the molecule is COc1ccccc1C1C(C(=O)CCc2ccccc2)=C(O)C(=O)N1CCCN(C)C. The molecule has 0 aliphatic carbocycles. The number of methoxy groups -OCH3 is 1.